The summed E-state index contributed by atoms with van der Waals surface area (Å²) in [4.78, 5) is 23.9. The van der Waals surface area contributed by atoms with Gasteiger partial charge in [-0.05, 0) is 60.1 Å². The fourth-order valence-electron chi connectivity index (χ4n) is 5.10. The Morgan fingerprint density at radius 2 is 1.53 bits per heavy atom. The Balaban J connectivity index is 1.61. The molecule has 2 amide bonds. The number of hydrogen-bond acceptors (Lipinski definition) is 5. The molecule has 1 saturated heterocycles. The first kappa shape index (κ1) is 22.4. The first-order chi connectivity index (χ1) is 15.3. The van der Waals surface area contributed by atoms with Gasteiger partial charge in [0.25, 0.3) is 5.91 Å². The van der Waals surface area contributed by atoms with Gasteiger partial charge in [-0.3, -0.25) is 14.8 Å². The van der Waals surface area contributed by atoms with E-state index in [4.69, 9.17) is 5.73 Å². The van der Waals surface area contributed by atoms with Crippen molar-refractivity contribution in [1.82, 2.24) is 9.79 Å². The van der Waals surface area contributed by atoms with E-state index in [-0.39, 0.29) is 17.4 Å². The van der Waals surface area contributed by atoms with E-state index in [1.807, 2.05) is 0 Å². The number of benzene rings is 2. The Labute approximate surface area is 187 Å². The van der Waals surface area contributed by atoms with E-state index in [1.54, 1.807) is 41.9 Å². The van der Waals surface area contributed by atoms with Crippen molar-refractivity contribution < 1.29 is 23.2 Å². The second-order valence-electron chi connectivity index (χ2n) is 8.50. The highest BCUT2D eigenvalue weighted by Crippen LogP contribution is 2.42. The maximum atomic E-state index is 13.5. The van der Waals surface area contributed by atoms with Crippen molar-refractivity contribution in [2.75, 3.05) is 6.54 Å². The van der Waals surface area contributed by atoms with Crippen molar-refractivity contribution in [1.29, 1.82) is 0 Å². The van der Waals surface area contributed by atoms with Crippen LogP contribution in [0.2, 0.25) is 0 Å². The van der Waals surface area contributed by atoms with Gasteiger partial charge >= 0.3 is 0 Å². The molecule has 3 unspecified atom stereocenters. The molecule has 1 heterocycles. The van der Waals surface area contributed by atoms with Crippen LogP contribution in [0.3, 0.4) is 0 Å². The molecular weight excluding hydrogens is 430 g/mol. The highest BCUT2D eigenvalue weighted by molar-refractivity contribution is 7.89. The molecule has 4 rings (SSSR count). The largest absolute Gasteiger partial charge is 0.366 e. The van der Waals surface area contributed by atoms with Crippen LogP contribution in [0.25, 0.3) is 11.1 Å². The number of nitrogens with zero attached hydrogens (tertiary/aromatic N) is 1. The summed E-state index contributed by atoms with van der Waals surface area (Å²) in [5.41, 5.74) is 8.96. The standard InChI is InChI=1S/C23H27N3O5S/c24-22(27)18-7-5-15(6-8-18)16-9-11-19(12-10-16)32(30,31)26-14-13-17-3-1-2-4-20(17)21(26)23(28)25-29/h5-12,17,20-21,29H,1-4,13-14H2,(H2,24,27)(H,25,28). The number of piperidine rings is 1. The van der Waals surface area contributed by atoms with Gasteiger partial charge in [0.1, 0.15) is 6.04 Å². The minimum Gasteiger partial charge on any atom is -0.366 e. The molecule has 0 aromatic heterocycles. The van der Waals surface area contributed by atoms with Gasteiger partial charge in [0.05, 0.1) is 4.90 Å². The van der Waals surface area contributed by atoms with Crippen LogP contribution >= 0.6 is 0 Å². The molecule has 4 N–H and O–H groups in total. The minimum atomic E-state index is -3.93. The van der Waals surface area contributed by atoms with Crippen LogP contribution in [0, 0.1) is 11.8 Å². The Morgan fingerprint density at radius 3 is 2.12 bits per heavy atom. The lowest BCUT2D eigenvalue weighted by Crippen LogP contribution is -2.58. The predicted molar refractivity (Wildman–Crippen MR) is 118 cm³/mol. The summed E-state index contributed by atoms with van der Waals surface area (Å²) in [6.07, 6.45) is 4.51. The van der Waals surface area contributed by atoms with Crippen molar-refractivity contribution in [3.8, 4) is 11.1 Å². The van der Waals surface area contributed by atoms with Crippen molar-refractivity contribution in [2.24, 2.45) is 17.6 Å². The predicted octanol–water partition coefficient (Wildman–Crippen LogP) is 2.53. The summed E-state index contributed by atoms with van der Waals surface area (Å²) in [5, 5.41) is 9.30. The molecule has 1 aliphatic carbocycles. The number of nitrogens with two attached hydrogens (primary N) is 1. The monoisotopic (exact) mass is 457 g/mol. The average Bonchev–Trinajstić information content (AvgIpc) is 2.83. The number of sulfonamides is 1. The van der Waals surface area contributed by atoms with E-state index in [1.165, 1.54) is 16.4 Å². The third kappa shape index (κ3) is 4.15. The van der Waals surface area contributed by atoms with E-state index in [2.05, 4.69) is 0 Å². The van der Waals surface area contributed by atoms with Crippen LogP contribution in [0.15, 0.2) is 53.4 Å². The zero-order valence-corrected chi connectivity index (χ0v) is 18.4. The Kier molecular flexibility index (Phi) is 6.32. The number of fused-ring (bicyclic) bond motifs is 1. The first-order valence-corrected chi connectivity index (χ1v) is 12.2. The molecule has 170 valence electrons. The fraction of sp³-hybridized carbons (Fsp3) is 0.391. The molecule has 32 heavy (non-hydrogen) atoms. The van der Waals surface area contributed by atoms with Crippen LogP contribution in [-0.4, -0.2) is 42.3 Å². The molecule has 0 bridgehead atoms. The SMILES string of the molecule is NC(=O)c1ccc(-c2ccc(S(=O)(=O)N3CCC4CCCCC4C3C(=O)NO)cc2)cc1. The maximum Gasteiger partial charge on any atom is 0.262 e. The number of amides is 2. The molecule has 0 spiro atoms. The van der Waals surface area contributed by atoms with Gasteiger partial charge in [0, 0.05) is 12.1 Å². The van der Waals surface area contributed by atoms with Crippen LogP contribution in [0.1, 0.15) is 42.5 Å². The molecule has 0 radical (unpaired) electrons. The molecule has 2 aromatic carbocycles. The molecule has 2 aliphatic rings. The van der Waals surface area contributed by atoms with Gasteiger partial charge in [-0.2, -0.15) is 4.31 Å². The molecular formula is C23H27N3O5S. The highest BCUT2D eigenvalue weighted by Gasteiger charge is 2.47. The number of primary amides is 1. The van der Waals surface area contributed by atoms with Gasteiger partial charge in [-0.15, -0.1) is 0 Å². The van der Waals surface area contributed by atoms with Gasteiger partial charge in [-0.25, -0.2) is 13.9 Å². The summed E-state index contributed by atoms with van der Waals surface area (Å²) in [5.74, 6) is -0.983. The van der Waals surface area contributed by atoms with E-state index < -0.39 is 27.9 Å². The normalized spacial score (nSPS) is 23.8. The number of hydrogen-bond donors (Lipinski definition) is 3. The van der Waals surface area contributed by atoms with Crippen molar-refractivity contribution in [3.05, 3.63) is 54.1 Å². The van der Waals surface area contributed by atoms with Crippen LogP contribution in [-0.2, 0) is 14.8 Å². The molecule has 2 aromatic rings. The van der Waals surface area contributed by atoms with Gasteiger partial charge < -0.3 is 5.73 Å². The Bertz CT molecular complexity index is 1100. The lowest BCUT2D eigenvalue weighted by Gasteiger charge is -2.45. The van der Waals surface area contributed by atoms with Crippen LogP contribution < -0.4 is 11.2 Å². The van der Waals surface area contributed by atoms with Crippen molar-refractivity contribution in [3.63, 3.8) is 0 Å². The second kappa shape index (κ2) is 9.01. The summed E-state index contributed by atoms with van der Waals surface area (Å²) in [6, 6.07) is 12.3. The van der Waals surface area contributed by atoms with E-state index in [0.29, 0.717) is 17.9 Å². The maximum absolute atomic E-state index is 13.5. The lowest BCUT2D eigenvalue weighted by molar-refractivity contribution is -0.138. The van der Waals surface area contributed by atoms with E-state index in [9.17, 15) is 23.2 Å². The number of nitrogens with one attached hydrogen (secondary N) is 1. The molecule has 9 heteroatoms. The second-order valence-corrected chi connectivity index (χ2v) is 10.4. The summed E-state index contributed by atoms with van der Waals surface area (Å²) >= 11 is 0. The average molecular weight is 458 g/mol. The van der Waals surface area contributed by atoms with Gasteiger partial charge in [0.2, 0.25) is 15.9 Å². The topological polar surface area (TPSA) is 130 Å². The van der Waals surface area contributed by atoms with Gasteiger partial charge in [0.15, 0.2) is 0 Å². The number of carbonyl (C=O) groups is 2. The molecule has 1 saturated carbocycles. The summed E-state index contributed by atoms with van der Waals surface area (Å²) in [6.45, 7) is 0.248. The molecule has 1 aliphatic heterocycles. The smallest absolute Gasteiger partial charge is 0.262 e. The molecule has 8 nitrogen and oxygen atoms in total. The van der Waals surface area contributed by atoms with E-state index in [0.717, 1.165) is 36.8 Å². The Hall–Kier alpha value is -2.75. The third-order valence-electron chi connectivity index (χ3n) is 6.75. The quantitative estimate of drug-likeness (QED) is 0.469. The van der Waals surface area contributed by atoms with Gasteiger partial charge in [-0.1, -0.05) is 43.5 Å². The highest BCUT2D eigenvalue weighted by atomic mass is 32.2. The minimum absolute atomic E-state index is 0.0949. The van der Waals surface area contributed by atoms with E-state index >= 15 is 0 Å². The summed E-state index contributed by atoms with van der Waals surface area (Å²) < 4.78 is 28.2. The zero-order chi connectivity index (χ0) is 22.9. The Morgan fingerprint density at radius 1 is 0.938 bits per heavy atom. The zero-order valence-electron chi connectivity index (χ0n) is 17.6. The first-order valence-electron chi connectivity index (χ1n) is 10.8. The fourth-order valence-corrected chi connectivity index (χ4v) is 6.75. The van der Waals surface area contributed by atoms with Crippen LogP contribution in [0.4, 0.5) is 0 Å². The number of rotatable bonds is 5. The molecule has 2 fully saturated rings. The molecule has 3 atom stereocenters. The summed E-state index contributed by atoms with van der Waals surface area (Å²) in [7, 11) is -3.93. The number of carbonyl (C=O) groups excluding carboxylic acids is 2. The van der Waals surface area contributed by atoms with Crippen molar-refractivity contribution in [2.45, 2.75) is 43.0 Å². The van der Waals surface area contributed by atoms with Crippen LogP contribution in [0.5, 0.6) is 0 Å². The third-order valence-corrected chi connectivity index (χ3v) is 8.64. The van der Waals surface area contributed by atoms with Crippen molar-refractivity contribution >= 4 is 21.8 Å². The number of hydroxylamine groups is 1. The lowest BCUT2D eigenvalue weighted by atomic mass is 9.71.